The second kappa shape index (κ2) is 6.43. The molecule has 0 spiro atoms. The van der Waals surface area contributed by atoms with Crippen molar-refractivity contribution < 1.29 is 0 Å². The molecule has 142 valence electrons. The van der Waals surface area contributed by atoms with Gasteiger partial charge in [0, 0.05) is 24.0 Å². The summed E-state index contributed by atoms with van der Waals surface area (Å²) in [5.41, 5.74) is 7.65. The summed E-state index contributed by atoms with van der Waals surface area (Å²) in [5.74, 6) is 1.49. The van der Waals surface area contributed by atoms with Crippen LogP contribution in [0.4, 0.5) is 0 Å². The van der Waals surface area contributed by atoms with E-state index in [0.717, 1.165) is 48.4 Å². The van der Waals surface area contributed by atoms with E-state index in [1.165, 1.54) is 16.9 Å². The lowest BCUT2D eigenvalue weighted by Crippen LogP contribution is -2.53. The maximum Gasteiger partial charge on any atom is 0.259 e. The van der Waals surface area contributed by atoms with E-state index in [4.69, 9.17) is 10.7 Å². The molecule has 3 N–H and O–H groups in total. The Morgan fingerprint density at radius 2 is 2.15 bits per heavy atom. The quantitative estimate of drug-likeness (QED) is 0.846. The van der Waals surface area contributed by atoms with E-state index in [9.17, 15) is 4.79 Å². The number of nitrogens with two attached hydrogens (primary N) is 1. The molecular formula is C20H30N4OS. The molecule has 0 bridgehead atoms. The maximum absolute atomic E-state index is 12.9. The smallest absolute Gasteiger partial charge is 0.259 e. The SMILES string of the molecule is CC1CCc2c(sc3nc(C(C)N4CCC(N)C(C)(C)C4)[nH]c(=O)c23)C1. The summed E-state index contributed by atoms with van der Waals surface area (Å²) in [7, 11) is 0. The van der Waals surface area contributed by atoms with E-state index in [-0.39, 0.29) is 23.1 Å². The van der Waals surface area contributed by atoms with Crippen LogP contribution in [-0.2, 0) is 12.8 Å². The van der Waals surface area contributed by atoms with Crippen LogP contribution < -0.4 is 11.3 Å². The molecule has 2 aromatic heterocycles. The average Bonchev–Trinajstić information content (AvgIpc) is 2.94. The van der Waals surface area contributed by atoms with Crippen molar-refractivity contribution in [2.45, 2.75) is 65.5 Å². The molecule has 3 heterocycles. The lowest BCUT2D eigenvalue weighted by atomic mass is 9.79. The monoisotopic (exact) mass is 374 g/mol. The molecule has 6 heteroatoms. The van der Waals surface area contributed by atoms with Gasteiger partial charge in [0.05, 0.1) is 11.4 Å². The third kappa shape index (κ3) is 3.02. The number of nitrogens with one attached hydrogen (secondary N) is 1. The number of aromatic amines is 1. The molecule has 0 amide bonds. The first-order chi connectivity index (χ1) is 12.3. The van der Waals surface area contributed by atoms with Crippen LogP contribution >= 0.6 is 11.3 Å². The summed E-state index contributed by atoms with van der Waals surface area (Å²) in [6, 6.07) is 0.323. The number of hydrogen-bond acceptors (Lipinski definition) is 5. The predicted molar refractivity (Wildman–Crippen MR) is 108 cm³/mol. The Hall–Kier alpha value is -1.24. The molecule has 1 fully saturated rings. The van der Waals surface area contributed by atoms with E-state index in [2.05, 4.69) is 37.6 Å². The van der Waals surface area contributed by atoms with Gasteiger partial charge in [-0.25, -0.2) is 4.98 Å². The molecule has 26 heavy (non-hydrogen) atoms. The van der Waals surface area contributed by atoms with Crippen molar-refractivity contribution in [1.29, 1.82) is 0 Å². The van der Waals surface area contributed by atoms with Gasteiger partial charge in [0.1, 0.15) is 10.7 Å². The molecular weight excluding hydrogens is 344 g/mol. The minimum atomic E-state index is 0.0388. The minimum Gasteiger partial charge on any atom is -0.327 e. The summed E-state index contributed by atoms with van der Waals surface area (Å²) < 4.78 is 0. The van der Waals surface area contributed by atoms with E-state index >= 15 is 0 Å². The first kappa shape index (κ1) is 18.1. The van der Waals surface area contributed by atoms with Crippen molar-refractivity contribution in [2.24, 2.45) is 17.1 Å². The summed E-state index contributed by atoms with van der Waals surface area (Å²) in [5, 5.41) is 0.842. The zero-order valence-electron chi connectivity index (χ0n) is 16.3. The van der Waals surface area contributed by atoms with Gasteiger partial charge in [-0.3, -0.25) is 9.69 Å². The standard InChI is InChI=1S/C20H30N4OS/c1-11-5-6-13-14(9-11)26-19-16(13)18(25)22-17(23-19)12(2)24-8-7-15(21)20(3,4)10-24/h11-12,15H,5-10,21H2,1-4H3,(H,22,23,25). The van der Waals surface area contributed by atoms with Crippen molar-refractivity contribution in [2.75, 3.05) is 13.1 Å². The van der Waals surface area contributed by atoms with Crippen molar-refractivity contribution in [3.63, 3.8) is 0 Å². The fourth-order valence-electron chi connectivity index (χ4n) is 4.48. The lowest BCUT2D eigenvalue weighted by Gasteiger charge is -2.44. The van der Waals surface area contributed by atoms with Crippen LogP contribution in [0.15, 0.2) is 4.79 Å². The number of nitrogens with zero attached hydrogens (tertiary/aromatic N) is 2. The molecule has 4 rings (SSSR count). The first-order valence-electron chi connectivity index (χ1n) is 9.80. The average molecular weight is 375 g/mol. The second-order valence-corrected chi connectivity index (χ2v) is 10.1. The third-order valence-electron chi connectivity index (χ3n) is 6.47. The zero-order chi connectivity index (χ0) is 18.6. The van der Waals surface area contributed by atoms with E-state index < -0.39 is 0 Å². The number of hydrogen-bond donors (Lipinski definition) is 2. The van der Waals surface area contributed by atoms with Crippen LogP contribution in [0.2, 0.25) is 0 Å². The van der Waals surface area contributed by atoms with Crippen LogP contribution in [0.25, 0.3) is 10.2 Å². The van der Waals surface area contributed by atoms with Crippen LogP contribution in [-0.4, -0.2) is 34.0 Å². The Morgan fingerprint density at radius 3 is 2.88 bits per heavy atom. The van der Waals surface area contributed by atoms with Gasteiger partial charge in [-0.15, -0.1) is 11.3 Å². The molecule has 2 aromatic rings. The van der Waals surface area contributed by atoms with Gasteiger partial charge in [-0.2, -0.15) is 0 Å². The molecule has 5 nitrogen and oxygen atoms in total. The number of H-pyrrole nitrogens is 1. The topological polar surface area (TPSA) is 75.0 Å². The summed E-state index contributed by atoms with van der Waals surface area (Å²) in [6.45, 7) is 10.8. The highest BCUT2D eigenvalue weighted by molar-refractivity contribution is 7.18. The predicted octanol–water partition coefficient (Wildman–Crippen LogP) is 3.23. The number of rotatable bonds is 2. The van der Waals surface area contributed by atoms with Gasteiger partial charge < -0.3 is 10.7 Å². The number of piperidine rings is 1. The van der Waals surface area contributed by atoms with Gasteiger partial charge in [0.2, 0.25) is 0 Å². The Bertz CT molecular complexity index is 884. The molecule has 0 radical (unpaired) electrons. The van der Waals surface area contributed by atoms with Crippen molar-refractivity contribution in [3.8, 4) is 0 Å². The van der Waals surface area contributed by atoms with E-state index in [1.807, 2.05) is 0 Å². The summed E-state index contributed by atoms with van der Waals surface area (Å²) >= 11 is 1.73. The molecule has 1 saturated heterocycles. The Morgan fingerprint density at radius 1 is 1.38 bits per heavy atom. The van der Waals surface area contributed by atoms with Gasteiger partial charge in [0.15, 0.2) is 0 Å². The number of aryl methyl sites for hydroxylation is 1. The van der Waals surface area contributed by atoms with Crippen LogP contribution in [0.1, 0.15) is 62.8 Å². The Balaban J connectivity index is 1.68. The van der Waals surface area contributed by atoms with Crippen molar-refractivity contribution in [3.05, 3.63) is 26.6 Å². The largest absolute Gasteiger partial charge is 0.327 e. The summed E-state index contributed by atoms with van der Waals surface area (Å²) in [4.78, 5) is 25.5. The zero-order valence-corrected chi connectivity index (χ0v) is 17.1. The second-order valence-electron chi connectivity index (χ2n) is 9.01. The van der Waals surface area contributed by atoms with Gasteiger partial charge in [-0.1, -0.05) is 20.8 Å². The number of aromatic nitrogens is 2. The van der Waals surface area contributed by atoms with Gasteiger partial charge in [0.25, 0.3) is 5.56 Å². The fourth-order valence-corrected chi connectivity index (χ4v) is 5.87. The van der Waals surface area contributed by atoms with E-state index in [1.54, 1.807) is 11.3 Å². The van der Waals surface area contributed by atoms with Crippen LogP contribution in [0.3, 0.4) is 0 Å². The molecule has 1 aliphatic heterocycles. The van der Waals surface area contributed by atoms with Gasteiger partial charge in [-0.05, 0) is 49.5 Å². The molecule has 3 atom stereocenters. The van der Waals surface area contributed by atoms with E-state index in [0.29, 0.717) is 5.92 Å². The lowest BCUT2D eigenvalue weighted by molar-refractivity contribution is 0.0636. The third-order valence-corrected chi connectivity index (χ3v) is 7.62. The highest BCUT2D eigenvalue weighted by atomic mass is 32.1. The van der Waals surface area contributed by atoms with Crippen molar-refractivity contribution in [1.82, 2.24) is 14.9 Å². The highest BCUT2D eigenvalue weighted by Gasteiger charge is 2.36. The normalized spacial score (nSPS) is 27.4. The van der Waals surface area contributed by atoms with Crippen molar-refractivity contribution >= 4 is 21.6 Å². The maximum atomic E-state index is 12.9. The molecule has 1 aliphatic carbocycles. The number of fused-ring (bicyclic) bond motifs is 3. The number of thiophene rings is 1. The minimum absolute atomic E-state index is 0.0388. The molecule has 2 aliphatic rings. The first-order valence-corrected chi connectivity index (χ1v) is 10.6. The summed E-state index contributed by atoms with van der Waals surface area (Å²) in [6.07, 6.45) is 4.24. The van der Waals surface area contributed by atoms with Crippen LogP contribution in [0.5, 0.6) is 0 Å². The number of likely N-dealkylation sites (tertiary alicyclic amines) is 1. The molecule has 0 saturated carbocycles. The Labute approximate surface area is 159 Å². The Kier molecular flexibility index (Phi) is 4.48. The highest BCUT2D eigenvalue weighted by Crippen LogP contribution is 2.37. The van der Waals surface area contributed by atoms with Crippen LogP contribution in [0, 0.1) is 11.3 Å². The molecule has 0 aromatic carbocycles. The molecule has 3 unspecified atom stereocenters. The fraction of sp³-hybridized carbons (Fsp3) is 0.700. The van der Waals surface area contributed by atoms with Gasteiger partial charge >= 0.3 is 0 Å².